The summed E-state index contributed by atoms with van der Waals surface area (Å²) in [6, 6.07) is 13.2. The molecule has 0 unspecified atom stereocenters. The molecule has 1 aromatic carbocycles. The van der Waals surface area contributed by atoms with Crippen LogP contribution in [0.4, 0.5) is 5.69 Å². The first-order chi connectivity index (χ1) is 9.66. The van der Waals surface area contributed by atoms with E-state index in [1.54, 1.807) is 6.07 Å². The van der Waals surface area contributed by atoms with E-state index in [2.05, 4.69) is 17.1 Å². The third-order valence-electron chi connectivity index (χ3n) is 2.83. The van der Waals surface area contributed by atoms with Crippen molar-refractivity contribution in [1.29, 1.82) is 0 Å². The number of amides is 1. The lowest BCUT2D eigenvalue weighted by Gasteiger charge is -2.08. The molecule has 5 heteroatoms. The van der Waals surface area contributed by atoms with Gasteiger partial charge in [-0.2, -0.15) is 0 Å². The Labute approximate surface area is 117 Å². The summed E-state index contributed by atoms with van der Waals surface area (Å²) in [5.41, 5.74) is 12.7. The van der Waals surface area contributed by atoms with Crippen LogP contribution in [0.15, 0.2) is 42.5 Å². The predicted octanol–water partition coefficient (Wildman–Crippen LogP) is 1.77. The van der Waals surface area contributed by atoms with Crippen molar-refractivity contribution in [2.75, 3.05) is 12.3 Å². The van der Waals surface area contributed by atoms with Gasteiger partial charge >= 0.3 is 0 Å². The van der Waals surface area contributed by atoms with Gasteiger partial charge in [-0.05, 0) is 30.5 Å². The van der Waals surface area contributed by atoms with E-state index in [9.17, 15) is 4.79 Å². The number of nitrogen functional groups attached to an aromatic ring is 1. The number of aromatic nitrogens is 1. The average molecular weight is 271 g/mol. The molecule has 0 radical (unpaired) electrons. The summed E-state index contributed by atoms with van der Waals surface area (Å²) in [7, 11) is 0. The highest BCUT2D eigenvalue weighted by atomic mass is 16.5. The summed E-state index contributed by atoms with van der Waals surface area (Å²) < 4.78 is 5.51. The van der Waals surface area contributed by atoms with Crippen molar-refractivity contribution in [2.45, 2.75) is 12.8 Å². The van der Waals surface area contributed by atoms with Gasteiger partial charge in [-0.15, -0.1) is 0 Å². The molecule has 0 fully saturated rings. The Kier molecular flexibility index (Phi) is 4.55. The minimum Gasteiger partial charge on any atom is -0.476 e. The lowest BCUT2D eigenvalue weighted by atomic mass is 10.1. The molecule has 0 atom stereocenters. The molecule has 5 nitrogen and oxygen atoms in total. The minimum atomic E-state index is -0.598. The number of rotatable bonds is 6. The zero-order chi connectivity index (χ0) is 14.4. The van der Waals surface area contributed by atoms with Crippen molar-refractivity contribution in [3.63, 3.8) is 0 Å². The Bertz CT molecular complexity index is 585. The normalized spacial score (nSPS) is 10.2. The molecule has 0 saturated carbocycles. The zero-order valence-electron chi connectivity index (χ0n) is 11.1. The molecule has 2 rings (SSSR count). The Morgan fingerprint density at radius 2 is 1.90 bits per heavy atom. The van der Waals surface area contributed by atoms with Gasteiger partial charge in [0, 0.05) is 0 Å². The van der Waals surface area contributed by atoms with Crippen LogP contribution >= 0.6 is 0 Å². The maximum atomic E-state index is 11.0. The zero-order valence-corrected chi connectivity index (χ0v) is 11.1. The largest absolute Gasteiger partial charge is 0.476 e. The number of nitrogens with two attached hydrogens (primary N) is 2. The number of nitrogens with zero attached hydrogens (tertiary/aromatic N) is 1. The van der Waals surface area contributed by atoms with Crippen LogP contribution < -0.4 is 16.2 Å². The predicted molar refractivity (Wildman–Crippen MR) is 77.4 cm³/mol. The van der Waals surface area contributed by atoms with Gasteiger partial charge in [-0.3, -0.25) is 4.79 Å². The van der Waals surface area contributed by atoms with Gasteiger partial charge in [0.2, 0.25) is 5.88 Å². The highest BCUT2D eigenvalue weighted by molar-refractivity contribution is 5.91. The minimum absolute atomic E-state index is 0.150. The molecule has 0 saturated heterocycles. The molecule has 1 aromatic heterocycles. The van der Waals surface area contributed by atoms with Crippen molar-refractivity contribution < 1.29 is 9.53 Å². The molecule has 0 aliphatic rings. The number of primary amides is 1. The lowest BCUT2D eigenvalue weighted by Crippen LogP contribution is -2.14. The van der Waals surface area contributed by atoms with Gasteiger partial charge in [-0.1, -0.05) is 30.3 Å². The highest BCUT2D eigenvalue weighted by Crippen LogP contribution is 2.18. The van der Waals surface area contributed by atoms with Crippen molar-refractivity contribution in [3.8, 4) is 5.88 Å². The van der Waals surface area contributed by atoms with Gasteiger partial charge in [-0.25, -0.2) is 4.98 Å². The van der Waals surface area contributed by atoms with E-state index in [-0.39, 0.29) is 11.6 Å². The van der Waals surface area contributed by atoms with Crippen LogP contribution in [0.3, 0.4) is 0 Å². The molecule has 2 aromatic rings. The summed E-state index contributed by atoms with van der Waals surface area (Å²) >= 11 is 0. The smallest absolute Gasteiger partial charge is 0.267 e. The number of carbonyl (C=O) groups is 1. The van der Waals surface area contributed by atoms with Crippen molar-refractivity contribution in [3.05, 3.63) is 53.7 Å². The van der Waals surface area contributed by atoms with Crippen LogP contribution in [0.2, 0.25) is 0 Å². The molecule has 0 bridgehead atoms. The molecule has 4 N–H and O–H groups in total. The van der Waals surface area contributed by atoms with Crippen molar-refractivity contribution >= 4 is 11.6 Å². The monoisotopic (exact) mass is 271 g/mol. The number of ether oxygens (including phenoxy) is 1. The second-order valence-corrected chi connectivity index (χ2v) is 4.39. The van der Waals surface area contributed by atoms with Gasteiger partial charge in [0.05, 0.1) is 12.3 Å². The number of benzene rings is 1. The number of pyridine rings is 1. The molecule has 0 aliphatic heterocycles. The molecule has 0 aliphatic carbocycles. The van der Waals surface area contributed by atoms with Crippen LogP contribution in [0.5, 0.6) is 5.88 Å². The summed E-state index contributed by atoms with van der Waals surface area (Å²) in [5.74, 6) is -0.339. The topological polar surface area (TPSA) is 91.2 Å². The summed E-state index contributed by atoms with van der Waals surface area (Å²) in [4.78, 5) is 15.0. The number of aryl methyl sites for hydroxylation is 1. The molecule has 104 valence electrons. The SMILES string of the molecule is NC(=O)c1ccc(N)c(OCCCc2ccccc2)n1. The fourth-order valence-electron chi connectivity index (χ4n) is 1.79. The molecule has 1 amide bonds. The highest BCUT2D eigenvalue weighted by Gasteiger charge is 2.08. The number of hydrogen-bond donors (Lipinski definition) is 2. The fourth-order valence-corrected chi connectivity index (χ4v) is 1.79. The van der Waals surface area contributed by atoms with Crippen molar-refractivity contribution in [2.24, 2.45) is 5.73 Å². The Balaban J connectivity index is 1.88. The van der Waals surface area contributed by atoms with Crippen molar-refractivity contribution in [1.82, 2.24) is 4.98 Å². The molecular weight excluding hydrogens is 254 g/mol. The quantitative estimate of drug-likeness (QED) is 0.783. The number of anilines is 1. The van der Waals surface area contributed by atoms with Gasteiger partial charge < -0.3 is 16.2 Å². The van der Waals surface area contributed by atoms with Crippen LogP contribution in [-0.4, -0.2) is 17.5 Å². The van der Waals surface area contributed by atoms with E-state index >= 15 is 0 Å². The first-order valence-corrected chi connectivity index (χ1v) is 6.40. The van der Waals surface area contributed by atoms with E-state index in [1.807, 2.05) is 18.2 Å². The first kappa shape index (κ1) is 13.9. The van der Waals surface area contributed by atoms with Crippen LogP contribution in [-0.2, 0) is 6.42 Å². The third-order valence-corrected chi connectivity index (χ3v) is 2.83. The summed E-state index contributed by atoms with van der Waals surface area (Å²) in [5, 5.41) is 0. The molecule has 0 spiro atoms. The summed E-state index contributed by atoms with van der Waals surface area (Å²) in [6.45, 7) is 0.480. The molecule has 1 heterocycles. The second kappa shape index (κ2) is 6.56. The maximum absolute atomic E-state index is 11.0. The van der Waals surface area contributed by atoms with Crippen LogP contribution in [0.25, 0.3) is 0 Å². The van der Waals surface area contributed by atoms with Crippen LogP contribution in [0.1, 0.15) is 22.5 Å². The number of carbonyl (C=O) groups excluding carboxylic acids is 1. The maximum Gasteiger partial charge on any atom is 0.267 e. The Morgan fingerprint density at radius 1 is 1.15 bits per heavy atom. The Morgan fingerprint density at radius 3 is 2.60 bits per heavy atom. The lowest BCUT2D eigenvalue weighted by molar-refractivity contribution is 0.0994. The second-order valence-electron chi connectivity index (χ2n) is 4.39. The van der Waals surface area contributed by atoms with Gasteiger partial charge in [0.1, 0.15) is 5.69 Å². The van der Waals surface area contributed by atoms with E-state index in [1.165, 1.54) is 11.6 Å². The average Bonchev–Trinajstić information content (AvgIpc) is 2.46. The molecular formula is C15H17N3O2. The molecule has 20 heavy (non-hydrogen) atoms. The van der Waals surface area contributed by atoms with Gasteiger partial charge in [0.25, 0.3) is 5.91 Å². The standard InChI is InChI=1S/C15H17N3O2/c16-12-8-9-13(14(17)19)18-15(12)20-10-4-7-11-5-2-1-3-6-11/h1-3,5-6,8-9H,4,7,10,16H2,(H2,17,19). The Hall–Kier alpha value is -2.56. The fraction of sp³-hybridized carbons (Fsp3) is 0.200. The van der Waals surface area contributed by atoms with Crippen LogP contribution in [0, 0.1) is 0 Å². The van der Waals surface area contributed by atoms with E-state index in [4.69, 9.17) is 16.2 Å². The number of hydrogen-bond acceptors (Lipinski definition) is 4. The first-order valence-electron chi connectivity index (χ1n) is 6.40. The van der Waals surface area contributed by atoms with E-state index in [0.29, 0.717) is 12.3 Å². The van der Waals surface area contributed by atoms with E-state index in [0.717, 1.165) is 12.8 Å². The van der Waals surface area contributed by atoms with E-state index < -0.39 is 5.91 Å². The third kappa shape index (κ3) is 3.71. The summed E-state index contributed by atoms with van der Waals surface area (Å²) in [6.07, 6.45) is 1.75. The van der Waals surface area contributed by atoms with Gasteiger partial charge in [0.15, 0.2) is 0 Å².